The highest BCUT2D eigenvalue weighted by molar-refractivity contribution is 7.87. The molecule has 3 rings (SSSR count). The van der Waals surface area contributed by atoms with Crippen LogP contribution in [0, 0.1) is 11.3 Å². The fraction of sp³-hybridized carbons (Fsp3) is 0.278. The van der Waals surface area contributed by atoms with Crippen LogP contribution in [0.5, 0.6) is 0 Å². The molecule has 1 aliphatic heterocycles. The molecule has 10 heteroatoms. The van der Waals surface area contributed by atoms with E-state index in [1.165, 1.54) is 29.5 Å². The van der Waals surface area contributed by atoms with Crippen molar-refractivity contribution in [1.82, 2.24) is 14.3 Å². The molecule has 8 nitrogen and oxygen atoms in total. The van der Waals surface area contributed by atoms with Crippen molar-refractivity contribution in [3.63, 3.8) is 0 Å². The minimum Gasteiger partial charge on any atom is -0.335 e. The van der Waals surface area contributed by atoms with E-state index >= 15 is 0 Å². The lowest BCUT2D eigenvalue weighted by molar-refractivity contribution is 0.0882. The maximum Gasteiger partial charge on any atom is 0.305 e. The Labute approximate surface area is 167 Å². The molecule has 2 aromatic rings. The maximum atomic E-state index is 12.7. The van der Waals surface area contributed by atoms with Crippen LogP contribution in [0.2, 0.25) is 0 Å². The number of piperidine rings is 1. The van der Waals surface area contributed by atoms with Crippen LogP contribution in [0.4, 0.5) is 0 Å². The van der Waals surface area contributed by atoms with Crippen LogP contribution in [0.25, 0.3) is 0 Å². The van der Waals surface area contributed by atoms with Gasteiger partial charge in [0.25, 0.3) is 11.8 Å². The van der Waals surface area contributed by atoms with Crippen LogP contribution in [-0.4, -0.2) is 37.2 Å². The van der Waals surface area contributed by atoms with Gasteiger partial charge in [0.2, 0.25) is 0 Å². The Kier molecular flexibility index (Phi) is 6.08. The minimum atomic E-state index is -4.14. The summed E-state index contributed by atoms with van der Waals surface area (Å²) in [4.78, 5) is 24.8. The molecule has 2 heterocycles. The Morgan fingerprint density at radius 1 is 1.18 bits per heavy atom. The van der Waals surface area contributed by atoms with Gasteiger partial charge in [0.05, 0.1) is 28.9 Å². The predicted octanol–water partition coefficient (Wildman–Crippen LogP) is 1.84. The molecule has 2 N–H and O–H groups in total. The molecule has 0 aliphatic carbocycles. The Morgan fingerprint density at radius 2 is 1.96 bits per heavy atom. The number of rotatable bonds is 5. The van der Waals surface area contributed by atoms with Crippen molar-refractivity contribution in [2.24, 2.45) is 0 Å². The first-order valence-electron chi connectivity index (χ1n) is 8.58. The Hall–Kier alpha value is -2.74. The summed E-state index contributed by atoms with van der Waals surface area (Å²) in [5, 5.41) is 15.1. The highest BCUT2D eigenvalue weighted by Gasteiger charge is 2.35. The standard InChI is InChI=1S/C18H18N4O4S2/c19-11-13-5-1-2-6-15(13)18(24)20-16-7-3-4-9-22(16)28(25,26)21-17(23)14-8-10-27-12-14/h1-2,5-6,8,10,12,16H,3-4,7,9H2,(H,20,24)(H,21,23). The molecule has 1 unspecified atom stereocenters. The lowest BCUT2D eigenvalue weighted by atomic mass is 10.1. The monoisotopic (exact) mass is 418 g/mol. The summed E-state index contributed by atoms with van der Waals surface area (Å²) >= 11 is 1.29. The van der Waals surface area contributed by atoms with Gasteiger partial charge in [0, 0.05) is 11.9 Å². The van der Waals surface area contributed by atoms with Crippen LogP contribution < -0.4 is 10.0 Å². The van der Waals surface area contributed by atoms with E-state index in [1.54, 1.807) is 22.9 Å². The molecule has 1 aromatic carbocycles. The molecular formula is C18H18N4O4S2. The normalized spacial score (nSPS) is 17.5. The summed E-state index contributed by atoms with van der Waals surface area (Å²) in [6.45, 7) is 0.178. The molecule has 1 saturated heterocycles. The molecule has 1 aliphatic rings. The number of thiophene rings is 1. The number of nitrogens with zero attached hydrogens (tertiary/aromatic N) is 2. The summed E-state index contributed by atoms with van der Waals surface area (Å²) in [6, 6.07) is 9.78. The second-order valence-corrected chi connectivity index (χ2v) is 8.60. The maximum absolute atomic E-state index is 12.7. The van der Waals surface area contributed by atoms with E-state index in [9.17, 15) is 18.0 Å². The van der Waals surface area contributed by atoms with Crippen molar-refractivity contribution >= 4 is 33.4 Å². The zero-order chi connectivity index (χ0) is 20.1. The quantitative estimate of drug-likeness (QED) is 0.768. The van der Waals surface area contributed by atoms with Gasteiger partial charge in [0.15, 0.2) is 0 Å². The van der Waals surface area contributed by atoms with E-state index in [2.05, 4.69) is 10.0 Å². The molecule has 2 amide bonds. The Bertz CT molecular complexity index is 1010. The van der Waals surface area contributed by atoms with Gasteiger partial charge in [-0.05, 0) is 42.8 Å². The first-order valence-corrected chi connectivity index (χ1v) is 11.0. The number of nitrogens with one attached hydrogen (secondary N) is 2. The van der Waals surface area contributed by atoms with Crippen molar-refractivity contribution in [1.29, 1.82) is 5.26 Å². The van der Waals surface area contributed by atoms with Gasteiger partial charge in [-0.25, -0.2) is 4.72 Å². The number of carbonyl (C=O) groups is 2. The van der Waals surface area contributed by atoms with Gasteiger partial charge in [-0.2, -0.15) is 29.3 Å². The number of benzene rings is 1. The van der Waals surface area contributed by atoms with Crippen molar-refractivity contribution < 1.29 is 18.0 Å². The average molecular weight is 419 g/mol. The molecule has 28 heavy (non-hydrogen) atoms. The van der Waals surface area contributed by atoms with E-state index in [1.807, 2.05) is 6.07 Å². The van der Waals surface area contributed by atoms with Crippen LogP contribution in [0.1, 0.15) is 45.5 Å². The summed E-state index contributed by atoms with van der Waals surface area (Å²) in [7, 11) is -4.14. The third-order valence-corrected chi connectivity index (χ3v) is 6.54. The van der Waals surface area contributed by atoms with Gasteiger partial charge in [-0.15, -0.1) is 0 Å². The van der Waals surface area contributed by atoms with Crippen molar-refractivity contribution in [3.8, 4) is 6.07 Å². The number of hydrogen-bond acceptors (Lipinski definition) is 6. The first kappa shape index (κ1) is 20.0. The molecule has 0 radical (unpaired) electrons. The lowest BCUT2D eigenvalue weighted by Gasteiger charge is -2.34. The van der Waals surface area contributed by atoms with Crippen molar-refractivity contribution in [2.75, 3.05) is 6.54 Å². The zero-order valence-electron chi connectivity index (χ0n) is 14.8. The second-order valence-electron chi connectivity index (χ2n) is 6.20. The topological polar surface area (TPSA) is 119 Å². The summed E-state index contributed by atoms with van der Waals surface area (Å²) in [6.07, 6.45) is 0.957. The summed E-state index contributed by atoms with van der Waals surface area (Å²) in [5.41, 5.74) is 0.639. The van der Waals surface area contributed by atoms with Crippen molar-refractivity contribution in [3.05, 3.63) is 57.8 Å². The van der Waals surface area contributed by atoms with E-state index in [4.69, 9.17) is 5.26 Å². The third-order valence-electron chi connectivity index (χ3n) is 4.36. The highest BCUT2D eigenvalue weighted by atomic mass is 32.2. The smallest absolute Gasteiger partial charge is 0.305 e. The number of hydrogen-bond donors (Lipinski definition) is 2. The molecule has 0 bridgehead atoms. The van der Waals surface area contributed by atoms with Gasteiger partial charge >= 0.3 is 10.2 Å². The van der Waals surface area contributed by atoms with Gasteiger partial charge in [-0.1, -0.05) is 12.1 Å². The zero-order valence-corrected chi connectivity index (χ0v) is 16.4. The Morgan fingerprint density at radius 3 is 2.68 bits per heavy atom. The molecular weight excluding hydrogens is 400 g/mol. The number of carbonyl (C=O) groups excluding carboxylic acids is 2. The third kappa shape index (κ3) is 4.39. The van der Waals surface area contributed by atoms with Crippen LogP contribution in [0.3, 0.4) is 0 Å². The average Bonchev–Trinajstić information content (AvgIpc) is 3.23. The number of amides is 2. The first-order chi connectivity index (χ1) is 13.4. The van der Waals surface area contributed by atoms with Gasteiger partial charge in [0.1, 0.15) is 0 Å². The lowest BCUT2D eigenvalue weighted by Crippen LogP contribution is -2.56. The van der Waals surface area contributed by atoms with Gasteiger partial charge in [-0.3, -0.25) is 9.59 Å². The highest BCUT2D eigenvalue weighted by Crippen LogP contribution is 2.19. The number of nitriles is 1. The molecule has 1 fully saturated rings. The van der Waals surface area contributed by atoms with Crippen LogP contribution in [0.15, 0.2) is 41.1 Å². The molecule has 0 saturated carbocycles. The minimum absolute atomic E-state index is 0.176. The van der Waals surface area contributed by atoms with E-state index < -0.39 is 28.2 Å². The van der Waals surface area contributed by atoms with E-state index in [0.29, 0.717) is 12.8 Å². The summed E-state index contributed by atoms with van der Waals surface area (Å²) < 4.78 is 28.6. The van der Waals surface area contributed by atoms with Crippen molar-refractivity contribution in [2.45, 2.75) is 25.4 Å². The van der Waals surface area contributed by atoms with Gasteiger partial charge < -0.3 is 5.32 Å². The van der Waals surface area contributed by atoms with Crippen LogP contribution >= 0.6 is 11.3 Å². The second kappa shape index (κ2) is 8.52. The Balaban J connectivity index is 1.77. The van der Waals surface area contributed by atoms with Crippen LogP contribution in [-0.2, 0) is 10.2 Å². The molecule has 0 spiro atoms. The summed E-state index contributed by atoms with van der Waals surface area (Å²) in [5.74, 6) is -1.25. The fourth-order valence-electron chi connectivity index (χ4n) is 2.97. The molecule has 1 atom stereocenters. The SMILES string of the molecule is N#Cc1ccccc1C(=O)NC1CCCCN1S(=O)(=O)NC(=O)c1ccsc1. The molecule has 146 valence electrons. The fourth-order valence-corrected chi connectivity index (χ4v) is 4.94. The van der Waals surface area contributed by atoms with E-state index in [0.717, 1.165) is 10.7 Å². The molecule has 1 aromatic heterocycles. The van der Waals surface area contributed by atoms with E-state index in [-0.39, 0.29) is 23.2 Å². The predicted molar refractivity (Wildman–Crippen MR) is 104 cm³/mol. The largest absolute Gasteiger partial charge is 0.335 e.